The third kappa shape index (κ3) is 3.92. The average molecular weight is 268 g/mol. The number of hydrogen-bond donors (Lipinski definition) is 2. The van der Waals surface area contributed by atoms with Gasteiger partial charge in [-0.05, 0) is 18.9 Å². The van der Waals surface area contributed by atoms with Crippen LogP contribution in [0.1, 0.15) is 23.2 Å². The number of para-hydroxylation sites is 1. The number of carbonyl (C=O) groups is 1. The molecule has 0 saturated carbocycles. The lowest BCUT2D eigenvalue weighted by molar-refractivity contribution is -0.384. The minimum Gasteiger partial charge on any atom is -0.465 e. The van der Waals surface area contributed by atoms with Crippen molar-refractivity contribution in [2.24, 2.45) is 0 Å². The molecule has 1 aromatic carbocycles. The zero-order valence-electron chi connectivity index (χ0n) is 10.6. The quantitative estimate of drug-likeness (QED) is 0.337. The summed E-state index contributed by atoms with van der Waals surface area (Å²) in [6.45, 7) is 0.484. The van der Waals surface area contributed by atoms with E-state index in [0.717, 1.165) is 0 Å². The van der Waals surface area contributed by atoms with Gasteiger partial charge in [0, 0.05) is 19.2 Å². The van der Waals surface area contributed by atoms with E-state index in [1.54, 1.807) is 0 Å². The maximum atomic E-state index is 11.6. The van der Waals surface area contributed by atoms with Crippen LogP contribution in [0.15, 0.2) is 18.2 Å². The molecule has 0 heterocycles. The Balaban J connectivity index is 3.00. The lowest BCUT2D eigenvalue weighted by atomic mass is 10.1. The Bertz CT molecular complexity index is 461. The predicted molar refractivity (Wildman–Crippen MR) is 69.2 cm³/mol. The summed E-state index contributed by atoms with van der Waals surface area (Å²) in [5.74, 6) is -0.631. The van der Waals surface area contributed by atoms with Crippen molar-refractivity contribution in [3.8, 4) is 0 Å². The second-order valence-corrected chi connectivity index (χ2v) is 3.81. The minimum absolute atomic E-state index is 0.0580. The van der Waals surface area contributed by atoms with Crippen molar-refractivity contribution < 1.29 is 19.6 Å². The predicted octanol–water partition coefficient (Wildman–Crippen LogP) is 1.57. The van der Waals surface area contributed by atoms with Crippen LogP contribution < -0.4 is 5.32 Å². The molecule has 0 aliphatic rings. The van der Waals surface area contributed by atoms with Gasteiger partial charge < -0.3 is 15.2 Å². The molecule has 19 heavy (non-hydrogen) atoms. The van der Waals surface area contributed by atoms with E-state index in [1.807, 2.05) is 0 Å². The van der Waals surface area contributed by atoms with E-state index in [0.29, 0.717) is 19.4 Å². The van der Waals surface area contributed by atoms with E-state index in [-0.39, 0.29) is 23.5 Å². The summed E-state index contributed by atoms with van der Waals surface area (Å²) in [6.07, 6.45) is 1.23. The van der Waals surface area contributed by atoms with Gasteiger partial charge >= 0.3 is 5.97 Å². The molecule has 0 saturated heterocycles. The molecule has 0 aliphatic heterocycles. The zero-order chi connectivity index (χ0) is 14.3. The fourth-order valence-electron chi connectivity index (χ4n) is 1.61. The first-order valence-electron chi connectivity index (χ1n) is 5.82. The number of nitro groups is 1. The van der Waals surface area contributed by atoms with Crippen LogP contribution >= 0.6 is 0 Å². The lowest BCUT2D eigenvalue weighted by Crippen LogP contribution is -2.11. The van der Waals surface area contributed by atoms with Gasteiger partial charge in [0.2, 0.25) is 0 Å². The summed E-state index contributed by atoms with van der Waals surface area (Å²) in [6, 6.07) is 4.22. The maximum Gasteiger partial charge on any atom is 0.340 e. The third-order valence-electron chi connectivity index (χ3n) is 2.53. The van der Waals surface area contributed by atoms with Crippen molar-refractivity contribution in [3.05, 3.63) is 33.9 Å². The second kappa shape index (κ2) is 7.32. The Hall–Kier alpha value is -2.15. The fourth-order valence-corrected chi connectivity index (χ4v) is 1.61. The lowest BCUT2D eigenvalue weighted by Gasteiger charge is -2.10. The fraction of sp³-hybridized carbons (Fsp3) is 0.417. The highest BCUT2D eigenvalue weighted by molar-refractivity contribution is 5.98. The van der Waals surface area contributed by atoms with Gasteiger partial charge in [-0.25, -0.2) is 4.79 Å². The summed E-state index contributed by atoms with van der Waals surface area (Å²) >= 11 is 0. The molecule has 0 radical (unpaired) electrons. The molecule has 2 N–H and O–H groups in total. The first-order valence-corrected chi connectivity index (χ1v) is 5.82. The average Bonchev–Trinajstić information content (AvgIpc) is 2.42. The van der Waals surface area contributed by atoms with Crippen LogP contribution in [0.25, 0.3) is 0 Å². The number of nitro benzene ring substituents is 1. The molecule has 7 heteroatoms. The van der Waals surface area contributed by atoms with Crippen LogP contribution in [0.3, 0.4) is 0 Å². The van der Waals surface area contributed by atoms with E-state index >= 15 is 0 Å². The SMILES string of the molecule is COC(=O)c1cccc([N+](=O)[O-])c1NCCCCO. The molecule has 7 nitrogen and oxygen atoms in total. The van der Waals surface area contributed by atoms with Crippen molar-refractivity contribution >= 4 is 17.3 Å². The highest BCUT2D eigenvalue weighted by atomic mass is 16.6. The smallest absolute Gasteiger partial charge is 0.340 e. The number of aliphatic hydroxyl groups excluding tert-OH is 1. The first kappa shape index (κ1) is 14.9. The number of carbonyl (C=O) groups excluding carboxylic acids is 1. The van der Waals surface area contributed by atoms with Crippen molar-refractivity contribution in [1.29, 1.82) is 0 Å². The van der Waals surface area contributed by atoms with E-state index in [4.69, 9.17) is 5.11 Å². The topological polar surface area (TPSA) is 102 Å². The molecule has 0 aliphatic carbocycles. The van der Waals surface area contributed by atoms with E-state index in [9.17, 15) is 14.9 Å². The van der Waals surface area contributed by atoms with Gasteiger partial charge in [-0.2, -0.15) is 0 Å². The van der Waals surface area contributed by atoms with Crippen LogP contribution in [0.2, 0.25) is 0 Å². The number of benzene rings is 1. The normalized spacial score (nSPS) is 10.0. The molecule has 0 atom stereocenters. The Labute approximate surface area is 110 Å². The monoisotopic (exact) mass is 268 g/mol. The second-order valence-electron chi connectivity index (χ2n) is 3.81. The van der Waals surface area contributed by atoms with Crippen molar-refractivity contribution in [2.75, 3.05) is 25.6 Å². The van der Waals surface area contributed by atoms with Gasteiger partial charge in [0.1, 0.15) is 5.69 Å². The Morgan fingerprint density at radius 1 is 1.47 bits per heavy atom. The van der Waals surface area contributed by atoms with Crippen LogP contribution in [0, 0.1) is 10.1 Å². The van der Waals surface area contributed by atoms with Crippen molar-refractivity contribution in [2.45, 2.75) is 12.8 Å². The minimum atomic E-state index is -0.631. The number of esters is 1. The number of ether oxygens (including phenoxy) is 1. The summed E-state index contributed by atoms with van der Waals surface area (Å²) < 4.78 is 4.60. The Kier molecular flexibility index (Phi) is 5.74. The zero-order valence-corrected chi connectivity index (χ0v) is 10.6. The van der Waals surface area contributed by atoms with E-state index in [1.165, 1.54) is 25.3 Å². The number of aliphatic hydroxyl groups is 1. The number of rotatable bonds is 7. The molecule has 0 spiro atoms. The third-order valence-corrected chi connectivity index (χ3v) is 2.53. The Morgan fingerprint density at radius 2 is 2.21 bits per heavy atom. The molecule has 104 valence electrons. The molecule has 0 fully saturated rings. The number of nitrogens with one attached hydrogen (secondary N) is 1. The molecule has 1 rings (SSSR count). The number of nitrogens with zero attached hydrogens (tertiary/aromatic N) is 1. The van der Waals surface area contributed by atoms with Crippen LogP contribution in [0.5, 0.6) is 0 Å². The van der Waals surface area contributed by atoms with Gasteiger partial charge in [0.15, 0.2) is 0 Å². The van der Waals surface area contributed by atoms with Crippen LogP contribution in [-0.2, 0) is 4.74 Å². The highest BCUT2D eigenvalue weighted by Gasteiger charge is 2.21. The number of methoxy groups -OCH3 is 1. The Morgan fingerprint density at radius 3 is 2.79 bits per heavy atom. The molecule has 0 unspecified atom stereocenters. The van der Waals surface area contributed by atoms with Crippen molar-refractivity contribution in [1.82, 2.24) is 0 Å². The number of anilines is 1. The summed E-state index contributed by atoms with van der Waals surface area (Å²) in [4.78, 5) is 22.0. The van der Waals surface area contributed by atoms with Gasteiger partial charge in [-0.3, -0.25) is 10.1 Å². The van der Waals surface area contributed by atoms with Crippen LogP contribution in [-0.4, -0.2) is 36.3 Å². The molecule has 0 aromatic heterocycles. The van der Waals surface area contributed by atoms with Gasteiger partial charge in [-0.1, -0.05) is 6.07 Å². The summed E-state index contributed by atoms with van der Waals surface area (Å²) in [5.41, 5.74) is 0.102. The molecule has 0 amide bonds. The van der Waals surface area contributed by atoms with Gasteiger partial charge in [0.25, 0.3) is 5.69 Å². The highest BCUT2D eigenvalue weighted by Crippen LogP contribution is 2.28. The van der Waals surface area contributed by atoms with E-state index in [2.05, 4.69) is 10.1 Å². The van der Waals surface area contributed by atoms with Crippen molar-refractivity contribution in [3.63, 3.8) is 0 Å². The largest absolute Gasteiger partial charge is 0.465 e. The number of hydrogen-bond acceptors (Lipinski definition) is 6. The maximum absolute atomic E-state index is 11.6. The molecule has 0 bridgehead atoms. The van der Waals surface area contributed by atoms with Gasteiger partial charge in [0.05, 0.1) is 17.6 Å². The molecular weight excluding hydrogens is 252 g/mol. The molecule has 1 aromatic rings. The standard InChI is InChI=1S/C12H16N2O5/c1-19-12(16)9-5-4-6-10(14(17)18)11(9)13-7-2-3-8-15/h4-6,13,15H,2-3,7-8H2,1H3. The summed E-state index contributed by atoms with van der Waals surface area (Å²) in [7, 11) is 1.22. The van der Waals surface area contributed by atoms with Gasteiger partial charge in [-0.15, -0.1) is 0 Å². The molecular formula is C12H16N2O5. The van der Waals surface area contributed by atoms with Crippen LogP contribution in [0.4, 0.5) is 11.4 Å². The number of unbranched alkanes of at least 4 members (excludes halogenated alkanes) is 1. The first-order chi connectivity index (χ1) is 9.11. The summed E-state index contributed by atoms with van der Waals surface area (Å²) in [5, 5.41) is 22.5. The van der Waals surface area contributed by atoms with E-state index < -0.39 is 10.9 Å².